The fourth-order valence-corrected chi connectivity index (χ4v) is 4.11. The van der Waals surface area contributed by atoms with Crippen LogP contribution in [0.2, 0.25) is 0 Å². The summed E-state index contributed by atoms with van der Waals surface area (Å²) >= 11 is 0. The van der Waals surface area contributed by atoms with Gasteiger partial charge >= 0.3 is 6.18 Å². The molecule has 0 saturated heterocycles. The van der Waals surface area contributed by atoms with Crippen LogP contribution in [0.3, 0.4) is 0 Å². The van der Waals surface area contributed by atoms with Gasteiger partial charge < -0.3 is 14.8 Å². The highest BCUT2D eigenvalue weighted by Crippen LogP contribution is 2.35. The molecule has 8 heteroatoms. The second-order valence-corrected chi connectivity index (χ2v) is 8.31. The summed E-state index contributed by atoms with van der Waals surface area (Å²) in [6.45, 7) is 0.930. The SMILES string of the molecule is CNC(=O)[C@H](N[C@H](CCc1ccc(C(F)(F)F)cc1)c1ccc2c(c1)OCCO2)c1ccccc1. The number of benzene rings is 3. The molecule has 1 aliphatic rings. The van der Waals surface area contributed by atoms with Crippen molar-refractivity contribution in [2.45, 2.75) is 31.1 Å². The predicted molar refractivity (Wildman–Crippen MR) is 126 cm³/mol. The molecule has 0 saturated carbocycles. The molecule has 0 unspecified atom stereocenters. The molecule has 3 aromatic carbocycles. The van der Waals surface area contributed by atoms with Crippen LogP contribution < -0.4 is 20.1 Å². The normalized spacial score (nSPS) is 14.7. The third kappa shape index (κ3) is 6.14. The molecule has 5 nitrogen and oxygen atoms in total. The van der Waals surface area contributed by atoms with Gasteiger partial charge in [-0.15, -0.1) is 0 Å². The number of aryl methyl sites for hydroxylation is 1. The Morgan fingerprint density at radius 3 is 2.26 bits per heavy atom. The molecular formula is C27H27F3N2O3. The van der Waals surface area contributed by atoms with E-state index in [4.69, 9.17) is 9.47 Å². The molecule has 3 aromatic rings. The van der Waals surface area contributed by atoms with Crippen LogP contribution in [0.5, 0.6) is 11.5 Å². The molecule has 0 radical (unpaired) electrons. The summed E-state index contributed by atoms with van der Waals surface area (Å²) in [6, 6.07) is 19.3. The zero-order valence-corrected chi connectivity index (χ0v) is 19.3. The minimum atomic E-state index is -4.37. The first-order chi connectivity index (χ1) is 16.8. The number of rotatable bonds is 8. The Kier molecular flexibility index (Phi) is 7.60. The molecule has 1 heterocycles. The van der Waals surface area contributed by atoms with Crippen LogP contribution in [0.15, 0.2) is 72.8 Å². The van der Waals surface area contributed by atoms with Crippen LogP contribution >= 0.6 is 0 Å². The zero-order valence-electron chi connectivity index (χ0n) is 19.3. The van der Waals surface area contributed by atoms with Gasteiger partial charge in [-0.2, -0.15) is 13.2 Å². The molecule has 2 N–H and O–H groups in total. The van der Waals surface area contributed by atoms with Gasteiger partial charge in [-0.25, -0.2) is 0 Å². The van der Waals surface area contributed by atoms with E-state index in [-0.39, 0.29) is 11.9 Å². The van der Waals surface area contributed by atoms with Gasteiger partial charge in [-0.1, -0.05) is 48.5 Å². The van der Waals surface area contributed by atoms with E-state index in [1.165, 1.54) is 12.1 Å². The first kappa shape index (κ1) is 24.6. The van der Waals surface area contributed by atoms with Gasteiger partial charge in [-0.3, -0.25) is 10.1 Å². The molecule has 35 heavy (non-hydrogen) atoms. The van der Waals surface area contributed by atoms with Crippen molar-refractivity contribution in [2.75, 3.05) is 20.3 Å². The van der Waals surface area contributed by atoms with Gasteiger partial charge in [-0.05, 0) is 53.8 Å². The van der Waals surface area contributed by atoms with Crippen molar-refractivity contribution in [1.29, 1.82) is 0 Å². The number of hydrogen-bond acceptors (Lipinski definition) is 4. The van der Waals surface area contributed by atoms with Gasteiger partial charge in [0, 0.05) is 13.1 Å². The zero-order chi connectivity index (χ0) is 24.8. The second kappa shape index (κ2) is 10.8. The van der Waals surface area contributed by atoms with Crippen LogP contribution in [0, 0.1) is 0 Å². The van der Waals surface area contributed by atoms with Crippen LogP contribution in [0.4, 0.5) is 13.2 Å². The van der Waals surface area contributed by atoms with Crippen molar-refractivity contribution in [3.63, 3.8) is 0 Å². The molecular weight excluding hydrogens is 457 g/mol. The number of ether oxygens (including phenoxy) is 2. The number of amides is 1. The molecule has 0 bridgehead atoms. The van der Waals surface area contributed by atoms with Crippen molar-refractivity contribution in [3.8, 4) is 11.5 Å². The first-order valence-corrected chi connectivity index (χ1v) is 11.4. The Balaban J connectivity index is 1.60. The second-order valence-electron chi connectivity index (χ2n) is 8.31. The van der Waals surface area contributed by atoms with Gasteiger partial charge in [0.25, 0.3) is 0 Å². The lowest BCUT2D eigenvalue weighted by Crippen LogP contribution is -2.38. The van der Waals surface area contributed by atoms with E-state index in [1.54, 1.807) is 7.05 Å². The molecule has 0 fully saturated rings. The summed E-state index contributed by atoms with van der Waals surface area (Å²) in [7, 11) is 1.58. The average molecular weight is 485 g/mol. The maximum atomic E-state index is 12.9. The van der Waals surface area contributed by atoms with Gasteiger partial charge in [0.1, 0.15) is 19.3 Å². The Morgan fingerprint density at radius 2 is 1.60 bits per heavy atom. The first-order valence-electron chi connectivity index (χ1n) is 11.4. The topological polar surface area (TPSA) is 59.6 Å². The third-order valence-corrected chi connectivity index (χ3v) is 5.98. The highest BCUT2D eigenvalue weighted by Gasteiger charge is 2.30. The lowest BCUT2D eigenvalue weighted by atomic mass is 9.95. The van der Waals surface area contributed by atoms with Crippen LogP contribution in [-0.2, 0) is 17.4 Å². The Morgan fingerprint density at radius 1 is 0.914 bits per heavy atom. The molecule has 184 valence electrons. The maximum Gasteiger partial charge on any atom is 0.416 e. The number of hydrogen-bond donors (Lipinski definition) is 2. The van der Waals surface area contributed by atoms with Gasteiger partial charge in [0.15, 0.2) is 11.5 Å². The number of carbonyl (C=O) groups excluding carboxylic acids is 1. The summed E-state index contributed by atoms with van der Waals surface area (Å²) in [5.74, 6) is 1.10. The number of alkyl halides is 3. The summed E-state index contributed by atoms with van der Waals surface area (Å²) in [6.07, 6.45) is -3.31. The molecule has 2 atom stereocenters. The molecule has 1 amide bonds. The summed E-state index contributed by atoms with van der Waals surface area (Å²) in [4.78, 5) is 12.8. The fourth-order valence-electron chi connectivity index (χ4n) is 4.11. The number of fused-ring (bicyclic) bond motifs is 1. The average Bonchev–Trinajstić information content (AvgIpc) is 2.88. The minimum Gasteiger partial charge on any atom is -0.486 e. The van der Waals surface area contributed by atoms with Crippen molar-refractivity contribution < 1.29 is 27.4 Å². The van der Waals surface area contributed by atoms with Gasteiger partial charge in [0.2, 0.25) is 5.91 Å². The Hall–Kier alpha value is -3.52. The largest absolute Gasteiger partial charge is 0.486 e. The van der Waals surface area contributed by atoms with E-state index < -0.39 is 17.8 Å². The van der Waals surface area contributed by atoms with E-state index in [1.807, 2.05) is 48.5 Å². The molecule has 0 spiro atoms. The quantitative estimate of drug-likeness (QED) is 0.460. The predicted octanol–water partition coefficient (Wildman–Crippen LogP) is 5.23. The highest BCUT2D eigenvalue weighted by atomic mass is 19.4. The van der Waals surface area contributed by atoms with E-state index in [0.717, 1.165) is 28.8 Å². The van der Waals surface area contributed by atoms with Crippen LogP contribution in [0.25, 0.3) is 0 Å². The van der Waals surface area contributed by atoms with Crippen LogP contribution in [-0.4, -0.2) is 26.2 Å². The molecule has 0 aromatic heterocycles. The molecule has 4 rings (SSSR count). The smallest absolute Gasteiger partial charge is 0.416 e. The highest BCUT2D eigenvalue weighted by molar-refractivity contribution is 5.83. The lowest BCUT2D eigenvalue weighted by Gasteiger charge is -2.27. The van der Waals surface area contributed by atoms with Crippen molar-refractivity contribution >= 4 is 5.91 Å². The van der Waals surface area contributed by atoms with Crippen molar-refractivity contribution in [3.05, 3.63) is 95.1 Å². The van der Waals surface area contributed by atoms with Gasteiger partial charge in [0.05, 0.1) is 5.56 Å². The fraction of sp³-hybridized carbons (Fsp3) is 0.296. The Labute approximate surface area is 202 Å². The van der Waals surface area contributed by atoms with E-state index in [9.17, 15) is 18.0 Å². The summed E-state index contributed by atoms with van der Waals surface area (Å²) < 4.78 is 50.2. The number of halogens is 3. The van der Waals surface area contributed by atoms with E-state index >= 15 is 0 Å². The van der Waals surface area contributed by atoms with E-state index in [0.29, 0.717) is 37.6 Å². The van der Waals surface area contributed by atoms with E-state index in [2.05, 4.69) is 10.6 Å². The summed E-state index contributed by atoms with van der Waals surface area (Å²) in [5.41, 5.74) is 1.81. The Bertz CT molecular complexity index is 1130. The number of carbonyl (C=O) groups is 1. The van der Waals surface area contributed by atoms with Crippen molar-refractivity contribution in [1.82, 2.24) is 10.6 Å². The molecule has 0 aliphatic carbocycles. The monoisotopic (exact) mass is 484 g/mol. The minimum absolute atomic E-state index is 0.187. The maximum absolute atomic E-state index is 12.9. The number of likely N-dealkylation sites (N-methyl/N-ethyl adjacent to an activating group) is 1. The standard InChI is InChI=1S/C27H27F3N2O3/c1-31-26(33)25(19-5-3-2-4-6-19)32-22(20-10-14-23-24(17-20)35-16-15-34-23)13-9-18-7-11-21(12-8-18)27(28,29)30/h2-8,10-12,14,17,22,25,32H,9,13,15-16H2,1H3,(H,31,33)/t22-,25-/m1/s1. The lowest BCUT2D eigenvalue weighted by molar-refractivity contribution is -0.137. The van der Waals surface area contributed by atoms with Crippen LogP contribution in [0.1, 0.15) is 40.8 Å². The molecule has 1 aliphatic heterocycles. The van der Waals surface area contributed by atoms with Crippen molar-refractivity contribution in [2.24, 2.45) is 0 Å². The number of nitrogens with one attached hydrogen (secondary N) is 2. The summed E-state index contributed by atoms with van der Waals surface area (Å²) in [5, 5.41) is 6.17. The third-order valence-electron chi connectivity index (χ3n) is 5.98.